The summed E-state index contributed by atoms with van der Waals surface area (Å²) in [6.45, 7) is 2.49. The average molecular weight is 984 g/mol. The highest BCUT2D eigenvalue weighted by Gasteiger charge is 2.33. The number of hydrogen-bond acceptors (Lipinski definition) is 13. The Kier molecular flexibility index (Phi) is 26.0. The molecule has 0 fully saturated rings. The summed E-state index contributed by atoms with van der Waals surface area (Å²) in [6, 6.07) is 7.75. The van der Waals surface area contributed by atoms with E-state index in [0.29, 0.717) is 16.9 Å². The van der Waals surface area contributed by atoms with Crippen molar-refractivity contribution in [1.82, 2.24) is 37.2 Å². The third kappa shape index (κ3) is 23.4. The molecule has 380 valence electrons. The van der Waals surface area contributed by atoms with Crippen molar-refractivity contribution in [1.29, 1.82) is 0 Å². The molecular weight excluding hydrogens is 915 g/mol. The van der Waals surface area contributed by atoms with Crippen LogP contribution in [0.5, 0.6) is 5.75 Å². The van der Waals surface area contributed by atoms with Gasteiger partial charge in [-0.05, 0) is 79.7 Å². The molecule has 0 unspecified atom stereocenters. The number of primary amides is 1. The molecule has 2 aromatic rings. The first-order valence-electron chi connectivity index (χ1n) is 22.2. The van der Waals surface area contributed by atoms with Crippen LogP contribution in [-0.4, -0.2) is 139 Å². The van der Waals surface area contributed by atoms with Gasteiger partial charge in [-0.1, -0.05) is 56.3 Å². The number of aliphatic imine (C=N–C) groups is 2. The summed E-state index contributed by atoms with van der Waals surface area (Å²) in [6.07, 6.45) is 2.42. The van der Waals surface area contributed by atoms with Gasteiger partial charge < -0.3 is 76.7 Å². The van der Waals surface area contributed by atoms with E-state index < -0.39 is 96.6 Å². The molecule has 69 heavy (non-hydrogen) atoms. The van der Waals surface area contributed by atoms with Gasteiger partial charge >= 0.3 is 0 Å². The molecule has 2 rings (SSSR count). The molecule has 0 radical (unpaired) electrons. The minimum atomic E-state index is -1.30. The standard InChI is InChI=1S/C44H69N15O9S/c1-25(2)36(37(46)63)59-41(67)31(12-8-19-52-44(49)50)57-39(65)30(11-7-18-51-43(47)48)56-40(66)32(17-20-69-3)58-42(68)33(22-26-9-5-4-6-10-26)55-35(62)24-53-34(61)23-54-38(64)29(45)21-27-13-15-28(60)16-14-27/h4-6,9-10,13-16,25,29-33,36,60H,7-8,11-12,17-24,45H2,1-3H3,(H2,46,63)(H,53,61)(H,54,64)(H,55,62)(H,56,66)(H,57,65)(H,58,68)(H,59,67)(H4,47,48,51)(H4,49,50,52)/t29-,30-,31-,32-,33-,36-/m0/s1. The summed E-state index contributed by atoms with van der Waals surface area (Å²) in [4.78, 5) is 114. The quantitative estimate of drug-likeness (QED) is 0.0196. The molecule has 0 saturated heterocycles. The van der Waals surface area contributed by atoms with E-state index in [9.17, 15) is 43.5 Å². The van der Waals surface area contributed by atoms with Crippen LogP contribution in [0.1, 0.15) is 57.1 Å². The van der Waals surface area contributed by atoms with E-state index in [2.05, 4.69) is 47.2 Å². The topological polar surface area (TPSA) is 422 Å². The van der Waals surface area contributed by atoms with E-state index in [-0.39, 0.29) is 81.6 Å². The number of nitrogens with zero attached hydrogens (tertiary/aromatic N) is 2. The maximum Gasteiger partial charge on any atom is 0.243 e. The molecule has 0 aliphatic carbocycles. The molecule has 0 aromatic heterocycles. The Bertz CT molecular complexity index is 2070. The van der Waals surface area contributed by atoms with Crippen molar-refractivity contribution in [2.24, 2.45) is 50.3 Å². The van der Waals surface area contributed by atoms with Crippen LogP contribution in [-0.2, 0) is 51.2 Å². The monoisotopic (exact) mass is 984 g/mol. The predicted molar refractivity (Wildman–Crippen MR) is 262 cm³/mol. The number of nitrogens with two attached hydrogens (primary N) is 6. The predicted octanol–water partition coefficient (Wildman–Crippen LogP) is -3.84. The van der Waals surface area contributed by atoms with Gasteiger partial charge in [-0.2, -0.15) is 11.8 Å². The number of phenolic OH excluding ortho intramolecular Hbond substituents is 1. The molecule has 0 aliphatic rings. The Morgan fingerprint density at radius 3 is 1.55 bits per heavy atom. The first-order chi connectivity index (χ1) is 32.7. The number of rotatable bonds is 31. The fourth-order valence-electron chi connectivity index (χ4n) is 6.51. The summed E-state index contributed by atoms with van der Waals surface area (Å²) in [5, 5.41) is 27.5. The third-order valence-corrected chi connectivity index (χ3v) is 10.8. The summed E-state index contributed by atoms with van der Waals surface area (Å²) in [5.41, 5.74) is 34.7. The van der Waals surface area contributed by atoms with E-state index in [1.165, 1.54) is 23.9 Å². The molecule has 2 aromatic carbocycles. The number of benzene rings is 2. The summed E-state index contributed by atoms with van der Waals surface area (Å²) in [5.74, 6) is -6.21. The summed E-state index contributed by atoms with van der Waals surface area (Å²) in [7, 11) is 0. The molecule has 0 saturated carbocycles. The second-order valence-corrected chi connectivity index (χ2v) is 17.3. The fourth-order valence-corrected chi connectivity index (χ4v) is 6.98. The van der Waals surface area contributed by atoms with E-state index in [1.54, 1.807) is 62.6 Å². The smallest absolute Gasteiger partial charge is 0.243 e. The van der Waals surface area contributed by atoms with Gasteiger partial charge in [0, 0.05) is 19.5 Å². The largest absolute Gasteiger partial charge is 0.508 e. The van der Waals surface area contributed by atoms with Gasteiger partial charge in [0.25, 0.3) is 0 Å². The number of hydrogen-bond donors (Lipinski definition) is 14. The number of aromatic hydroxyl groups is 1. The maximum atomic E-state index is 14.1. The van der Waals surface area contributed by atoms with Gasteiger partial charge in [-0.25, -0.2) is 0 Å². The van der Waals surface area contributed by atoms with Gasteiger partial charge in [0.1, 0.15) is 36.0 Å². The van der Waals surface area contributed by atoms with Crippen molar-refractivity contribution >= 4 is 70.9 Å². The zero-order valence-corrected chi connectivity index (χ0v) is 40.0. The van der Waals surface area contributed by atoms with E-state index >= 15 is 0 Å². The Balaban J connectivity index is 2.27. The summed E-state index contributed by atoms with van der Waals surface area (Å²) >= 11 is 1.39. The minimum absolute atomic E-state index is 0.0193. The van der Waals surface area contributed by atoms with Crippen LogP contribution >= 0.6 is 11.8 Å². The van der Waals surface area contributed by atoms with Crippen molar-refractivity contribution in [2.75, 3.05) is 38.2 Å². The van der Waals surface area contributed by atoms with E-state index in [1.807, 2.05) is 0 Å². The second-order valence-electron chi connectivity index (χ2n) is 16.3. The van der Waals surface area contributed by atoms with Crippen LogP contribution in [0, 0.1) is 5.92 Å². The molecular formula is C44H69N15O9S. The first kappa shape index (κ1) is 58.0. The highest BCUT2D eigenvalue weighted by molar-refractivity contribution is 7.98. The number of phenols is 1. The number of nitrogens with one attached hydrogen (secondary N) is 7. The number of carbonyl (C=O) groups is 8. The molecule has 0 spiro atoms. The Hall–Kier alpha value is -7.15. The molecule has 20 N–H and O–H groups in total. The average Bonchev–Trinajstić information content (AvgIpc) is 3.30. The van der Waals surface area contributed by atoms with Crippen molar-refractivity contribution in [3.63, 3.8) is 0 Å². The fraction of sp³-hybridized carbons (Fsp3) is 0.500. The highest BCUT2D eigenvalue weighted by atomic mass is 32.2. The molecule has 8 amide bonds. The Labute approximate surface area is 405 Å². The van der Waals surface area contributed by atoms with Crippen molar-refractivity contribution in [3.8, 4) is 5.75 Å². The highest BCUT2D eigenvalue weighted by Crippen LogP contribution is 2.12. The third-order valence-electron chi connectivity index (χ3n) is 10.2. The van der Waals surface area contributed by atoms with Crippen LogP contribution in [0.4, 0.5) is 0 Å². The number of guanidine groups is 2. The van der Waals surface area contributed by atoms with Gasteiger partial charge in [-0.15, -0.1) is 0 Å². The van der Waals surface area contributed by atoms with E-state index in [0.717, 1.165) is 0 Å². The second kappa shape index (κ2) is 31.0. The Morgan fingerprint density at radius 2 is 1.06 bits per heavy atom. The zero-order valence-electron chi connectivity index (χ0n) is 39.2. The Morgan fingerprint density at radius 1 is 0.580 bits per heavy atom. The first-order valence-corrected chi connectivity index (χ1v) is 23.6. The van der Waals surface area contributed by atoms with Gasteiger partial charge in [0.2, 0.25) is 47.3 Å². The van der Waals surface area contributed by atoms with Crippen LogP contribution in [0.25, 0.3) is 0 Å². The normalized spacial score (nSPS) is 13.4. The van der Waals surface area contributed by atoms with E-state index in [4.69, 9.17) is 34.4 Å². The SMILES string of the molecule is CSCC[C@H](NC(=O)[C@H](Cc1ccccc1)NC(=O)CNC(=O)CNC(=O)[C@@H](N)Cc1ccc(O)cc1)C(=O)N[C@@H](CCCN=C(N)N)C(=O)N[C@@H](CCCN=C(N)N)C(=O)N[C@H](C(N)=O)C(C)C. The van der Waals surface area contributed by atoms with Crippen molar-refractivity contribution in [2.45, 2.75) is 95.0 Å². The maximum absolute atomic E-state index is 14.1. The van der Waals surface area contributed by atoms with Crippen LogP contribution in [0.3, 0.4) is 0 Å². The lowest BCUT2D eigenvalue weighted by Crippen LogP contribution is -2.59. The minimum Gasteiger partial charge on any atom is -0.508 e. The van der Waals surface area contributed by atoms with Gasteiger partial charge in [0.05, 0.1) is 19.1 Å². The van der Waals surface area contributed by atoms with Crippen molar-refractivity contribution in [3.05, 3.63) is 65.7 Å². The number of amides is 8. The van der Waals surface area contributed by atoms with Crippen molar-refractivity contribution < 1.29 is 43.5 Å². The molecule has 0 bridgehead atoms. The van der Waals surface area contributed by atoms with Crippen LogP contribution in [0.2, 0.25) is 0 Å². The lowest BCUT2D eigenvalue weighted by atomic mass is 10.0. The molecule has 0 aliphatic heterocycles. The number of carbonyl (C=O) groups excluding carboxylic acids is 8. The summed E-state index contributed by atoms with van der Waals surface area (Å²) < 4.78 is 0. The van der Waals surface area contributed by atoms with Gasteiger partial charge in [-0.3, -0.25) is 48.3 Å². The lowest BCUT2D eigenvalue weighted by molar-refractivity contribution is -0.135. The zero-order chi connectivity index (χ0) is 51.5. The molecule has 25 heteroatoms. The van der Waals surface area contributed by atoms with Crippen LogP contribution in [0.15, 0.2) is 64.6 Å². The molecule has 0 heterocycles. The van der Waals surface area contributed by atoms with Gasteiger partial charge in [0.15, 0.2) is 11.9 Å². The molecule has 6 atom stereocenters. The van der Waals surface area contributed by atoms with Crippen LogP contribution < -0.4 is 71.6 Å². The molecule has 24 nitrogen and oxygen atoms in total. The number of thioether (sulfide) groups is 1. The lowest BCUT2D eigenvalue weighted by Gasteiger charge is -2.27.